The van der Waals surface area contributed by atoms with Gasteiger partial charge in [0.05, 0.1) is 5.56 Å². The Bertz CT molecular complexity index is 1140. The number of aromatic nitrogens is 1. The standard InChI is InChI=1S/C28H34N/c1-9-28(10-2)21(8)27-20(7)19(6)18(5)16-24(27)26-15-14-23-22(17(3)4)12-11-13-25(23)29(26)28/h11-17H,8-10H2,1-7H3/q+1. The molecule has 4 rings (SSSR count). The molecule has 2 heterocycles. The van der Waals surface area contributed by atoms with Gasteiger partial charge in [0.2, 0.25) is 11.2 Å². The molecule has 0 N–H and O–H groups in total. The number of benzene rings is 2. The zero-order chi connectivity index (χ0) is 21.1. The lowest BCUT2D eigenvalue weighted by molar-refractivity contribution is -0.718. The van der Waals surface area contributed by atoms with E-state index in [0.717, 1.165) is 12.8 Å². The topological polar surface area (TPSA) is 3.88 Å². The molecule has 150 valence electrons. The van der Waals surface area contributed by atoms with Crippen molar-refractivity contribution in [3.8, 4) is 11.3 Å². The van der Waals surface area contributed by atoms with E-state index < -0.39 is 0 Å². The molecule has 0 amide bonds. The van der Waals surface area contributed by atoms with Gasteiger partial charge in [-0.15, -0.1) is 0 Å². The van der Waals surface area contributed by atoms with Crippen LogP contribution in [-0.4, -0.2) is 0 Å². The van der Waals surface area contributed by atoms with E-state index in [4.69, 9.17) is 6.58 Å². The number of hydrogen-bond donors (Lipinski definition) is 0. The molecule has 1 nitrogen and oxygen atoms in total. The molecular weight excluding hydrogens is 350 g/mol. The molecule has 2 aromatic carbocycles. The summed E-state index contributed by atoms with van der Waals surface area (Å²) in [4.78, 5) is 0. The third-order valence-corrected chi connectivity index (χ3v) is 7.52. The van der Waals surface area contributed by atoms with Gasteiger partial charge in [0.15, 0.2) is 5.54 Å². The van der Waals surface area contributed by atoms with Gasteiger partial charge in [0.1, 0.15) is 0 Å². The minimum atomic E-state index is -0.0933. The van der Waals surface area contributed by atoms with E-state index in [1.54, 1.807) is 0 Å². The largest absolute Gasteiger partial charge is 0.214 e. The maximum Gasteiger partial charge on any atom is 0.214 e. The van der Waals surface area contributed by atoms with Gasteiger partial charge in [-0.05, 0) is 61.1 Å². The Kier molecular flexibility index (Phi) is 4.69. The van der Waals surface area contributed by atoms with Gasteiger partial charge in [0, 0.05) is 41.5 Å². The second kappa shape index (κ2) is 6.83. The molecule has 0 bridgehead atoms. The Hall–Kier alpha value is -2.41. The van der Waals surface area contributed by atoms with Gasteiger partial charge in [0.25, 0.3) is 0 Å². The lowest BCUT2D eigenvalue weighted by Gasteiger charge is -2.37. The number of nitrogens with zero attached hydrogens (tertiary/aromatic N) is 1. The van der Waals surface area contributed by atoms with Crippen LogP contribution in [-0.2, 0) is 5.54 Å². The molecule has 1 aliphatic heterocycles. The quantitative estimate of drug-likeness (QED) is 0.415. The number of rotatable bonds is 3. The summed E-state index contributed by atoms with van der Waals surface area (Å²) in [6.07, 6.45) is 2.08. The van der Waals surface area contributed by atoms with Crippen LogP contribution in [0.4, 0.5) is 0 Å². The lowest BCUT2D eigenvalue weighted by Crippen LogP contribution is -2.60. The van der Waals surface area contributed by atoms with Crippen LogP contribution in [0.25, 0.3) is 27.7 Å². The van der Waals surface area contributed by atoms with Gasteiger partial charge in [-0.3, -0.25) is 0 Å². The first kappa shape index (κ1) is 19.9. The van der Waals surface area contributed by atoms with E-state index >= 15 is 0 Å². The van der Waals surface area contributed by atoms with Gasteiger partial charge in [-0.1, -0.05) is 46.4 Å². The van der Waals surface area contributed by atoms with Crippen molar-refractivity contribution in [2.75, 3.05) is 0 Å². The smallest absolute Gasteiger partial charge is 0.182 e. The van der Waals surface area contributed by atoms with Crippen molar-refractivity contribution in [2.45, 2.75) is 72.8 Å². The van der Waals surface area contributed by atoms with Gasteiger partial charge in [-0.25, -0.2) is 0 Å². The summed E-state index contributed by atoms with van der Waals surface area (Å²) in [5.41, 5.74) is 12.1. The van der Waals surface area contributed by atoms with Crippen molar-refractivity contribution < 1.29 is 4.57 Å². The Morgan fingerprint density at radius 1 is 0.966 bits per heavy atom. The molecule has 0 saturated carbocycles. The highest BCUT2D eigenvalue weighted by Gasteiger charge is 2.48. The van der Waals surface area contributed by atoms with Gasteiger partial charge in [-0.2, -0.15) is 4.57 Å². The average molecular weight is 385 g/mol. The van der Waals surface area contributed by atoms with E-state index in [1.807, 2.05) is 0 Å². The van der Waals surface area contributed by atoms with Crippen LogP contribution in [0.15, 0.2) is 43.0 Å². The summed E-state index contributed by atoms with van der Waals surface area (Å²) >= 11 is 0. The van der Waals surface area contributed by atoms with Crippen molar-refractivity contribution in [1.82, 2.24) is 0 Å². The van der Waals surface area contributed by atoms with Crippen LogP contribution in [0.3, 0.4) is 0 Å². The number of hydrogen-bond acceptors (Lipinski definition) is 0. The van der Waals surface area contributed by atoms with Crippen molar-refractivity contribution in [1.29, 1.82) is 0 Å². The Balaban J connectivity index is 2.23. The van der Waals surface area contributed by atoms with Crippen LogP contribution in [0.1, 0.15) is 74.3 Å². The molecule has 3 aromatic rings. The highest BCUT2D eigenvalue weighted by Crippen LogP contribution is 2.47. The first-order valence-corrected chi connectivity index (χ1v) is 11.1. The van der Waals surface area contributed by atoms with E-state index in [2.05, 4.69) is 89.4 Å². The predicted molar refractivity (Wildman–Crippen MR) is 125 cm³/mol. The van der Waals surface area contributed by atoms with E-state index in [0.29, 0.717) is 5.92 Å². The summed E-state index contributed by atoms with van der Waals surface area (Å²) in [5.74, 6) is 0.501. The number of pyridine rings is 1. The van der Waals surface area contributed by atoms with Crippen LogP contribution >= 0.6 is 0 Å². The fourth-order valence-electron chi connectivity index (χ4n) is 5.52. The third kappa shape index (κ3) is 2.56. The summed E-state index contributed by atoms with van der Waals surface area (Å²) in [6, 6.07) is 13.9. The van der Waals surface area contributed by atoms with Gasteiger partial charge >= 0.3 is 0 Å². The average Bonchev–Trinajstić information content (AvgIpc) is 2.71. The molecule has 1 aromatic heterocycles. The number of allylic oxidation sites excluding steroid dienone is 1. The minimum absolute atomic E-state index is 0.0933. The molecule has 0 spiro atoms. The first-order chi connectivity index (χ1) is 13.8. The molecule has 0 fully saturated rings. The molecule has 1 aliphatic rings. The Morgan fingerprint density at radius 3 is 2.28 bits per heavy atom. The molecule has 0 saturated heterocycles. The van der Waals surface area contributed by atoms with Crippen LogP contribution in [0, 0.1) is 20.8 Å². The van der Waals surface area contributed by atoms with Crippen LogP contribution in [0.2, 0.25) is 0 Å². The van der Waals surface area contributed by atoms with E-state index in [1.165, 1.54) is 55.6 Å². The fraction of sp³-hybridized carbons (Fsp3) is 0.393. The van der Waals surface area contributed by atoms with E-state index in [9.17, 15) is 0 Å². The highest BCUT2D eigenvalue weighted by molar-refractivity contribution is 5.89. The summed E-state index contributed by atoms with van der Waals surface area (Å²) in [6.45, 7) is 20.7. The summed E-state index contributed by atoms with van der Waals surface area (Å²) in [7, 11) is 0. The van der Waals surface area contributed by atoms with Crippen molar-refractivity contribution in [3.63, 3.8) is 0 Å². The minimum Gasteiger partial charge on any atom is -0.182 e. The van der Waals surface area contributed by atoms with Crippen molar-refractivity contribution in [2.24, 2.45) is 0 Å². The summed E-state index contributed by atoms with van der Waals surface area (Å²) < 4.78 is 2.62. The maximum atomic E-state index is 4.72. The maximum absolute atomic E-state index is 4.72. The summed E-state index contributed by atoms with van der Waals surface area (Å²) in [5, 5.41) is 1.37. The van der Waals surface area contributed by atoms with Crippen LogP contribution < -0.4 is 4.57 Å². The molecule has 0 radical (unpaired) electrons. The SMILES string of the molecule is C=C1c2c(cc(C)c(C)c2C)-c2ccc3c(C(C)C)cccc3[n+]2C1(CC)CC. The molecule has 0 aliphatic carbocycles. The molecule has 1 heteroatoms. The monoisotopic (exact) mass is 384 g/mol. The van der Waals surface area contributed by atoms with Crippen molar-refractivity contribution >= 4 is 16.5 Å². The normalized spacial score (nSPS) is 15.0. The Morgan fingerprint density at radius 2 is 1.66 bits per heavy atom. The highest BCUT2D eigenvalue weighted by atomic mass is 15.1. The lowest BCUT2D eigenvalue weighted by atomic mass is 9.72. The number of fused-ring (bicyclic) bond motifs is 5. The van der Waals surface area contributed by atoms with Crippen molar-refractivity contribution in [3.05, 3.63) is 70.8 Å². The van der Waals surface area contributed by atoms with Crippen LogP contribution in [0.5, 0.6) is 0 Å². The zero-order valence-corrected chi connectivity index (χ0v) is 19.1. The van der Waals surface area contributed by atoms with E-state index in [-0.39, 0.29) is 5.54 Å². The second-order valence-corrected chi connectivity index (χ2v) is 9.07. The predicted octanol–water partition coefficient (Wildman–Crippen LogP) is 7.39. The molecule has 0 unspecified atom stereocenters. The second-order valence-electron chi connectivity index (χ2n) is 9.07. The third-order valence-electron chi connectivity index (χ3n) is 7.52. The Labute approximate surface area is 176 Å². The zero-order valence-electron chi connectivity index (χ0n) is 19.1. The molecular formula is C28H34N+. The fourth-order valence-corrected chi connectivity index (χ4v) is 5.52. The first-order valence-electron chi connectivity index (χ1n) is 11.1. The molecule has 29 heavy (non-hydrogen) atoms. The molecule has 0 atom stereocenters. The van der Waals surface area contributed by atoms with Gasteiger partial charge < -0.3 is 0 Å². The number of aryl methyl sites for hydroxylation is 1.